The average Bonchev–Trinajstić information content (AvgIpc) is 2.50. The van der Waals surface area contributed by atoms with Gasteiger partial charge in [0.25, 0.3) is 0 Å². The third-order valence-corrected chi connectivity index (χ3v) is 2.77. The summed E-state index contributed by atoms with van der Waals surface area (Å²) in [6, 6.07) is 0. The van der Waals surface area contributed by atoms with E-state index in [-0.39, 0.29) is 0 Å². The SMILES string of the molecule is C1=CN2CCCC2NCCCC1. The van der Waals surface area contributed by atoms with Crippen LogP contribution in [0.15, 0.2) is 12.3 Å². The number of rotatable bonds is 0. The highest BCUT2D eigenvalue weighted by molar-refractivity contribution is 4.90. The summed E-state index contributed by atoms with van der Waals surface area (Å²) in [7, 11) is 0. The van der Waals surface area contributed by atoms with Crippen LogP contribution < -0.4 is 5.32 Å². The zero-order valence-electron chi connectivity index (χ0n) is 7.63. The second kappa shape index (κ2) is 3.94. The van der Waals surface area contributed by atoms with E-state index in [2.05, 4.69) is 22.5 Å². The molecule has 0 aromatic rings. The van der Waals surface area contributed by atoms with Gasteiger partial charge >= 0.3 is 0 Å². The van der Waals surface area contributed by atoms with Gasteiger partial charge in [-0.2, -0.15) is 0 Å². The summed E-state index contributed by atoms with van der Waals surface area (Å²) in [5, 5.41) is 3.60. The van der Waals surface area contributed by atoms with E-state index in [9.17, 15) is 0 Å². The molecular formula is C10H18N2. The van der Waals surface area contributed by atoms with Gasteiger partial charge in [-0.3, -0.25) is 5.32 Å². The van der Waals surface area contributed by atoms with Gasteiger partial charge in [-0.1, -0.05) is 6.08 Å². The molecular weight excluding hydrogens is 148 g/mol. The van der Waals surface area contributed by atoms with Crippen molar-refractivity contribution in [3.63, 3.8) is 0 Å². The Morgan fingerprint density at radius 2 is 2.25 bits per heavy atom. The largest absolute Gasteiger partial charge is 0.362 e. The van der Waals surface area contributed by atoms with E-state index in [0.717, 1.165) is 0 Å². The summed E-state index contributed by atoms with van der Waals surface area (Å²) in [6.07, 6.45) is 11.8. The van der Waals surface area contributed by atoms with E-state index < -0.39 is 0 Å². The molecule has 0 spiro atoms. The van der Waals surface area contributed by atoms with E-state index in [1.807, 2.05) is 0 Å². The minimum absolute atomic E-state index is 0.638. The summed E-state index contributed by atoms with van der Waals surface area (Å²) in [4.78, 5) is 2.45. The molecule has 0 saturated carbocycles. The predicted molar refractivity (Wildman–Crippen MR) is 50.7 cm³/mol. The molecule has 1 fully saturated rings. The Kier molecular flexibility index (Phi) is 2.67. The van der Waals surface area contributed by atoms with E-state index in [0.29, 0.717) is 6.17 Å². The zero-order valence-corrected chi connectivity index (χ0v) is 7.63. The van der Waals surface area contributed by atoms with Crippen molar-refractivity contribution in [3.8, 4) is 0 Å². The number of fused-ring (bicyclic) bond motifs is 1. The number of allylic oxidation sites excluding steroid dienone is 1. The Morgan fingerprint density at radius 3 is 3.25 bits per heavy atom. The lowest BCUT2D eigenvalue weighted by Crippen LogP contribution is -2.38. The molecule has 0 aromatic carbocycles. The molecule has 2 heteroatoms. The van der Waals surface area contributed by atoms with Crippen LogP contribution in [0.25, 0.3) is 0 Å². The quantitative estimate of drug-likeness (QED) is 0.589. The van der Waals surface area contributed by atoms with Gasteiger partial charge in [-0.05, 0) is 44.8 Å². The van der Waals surface area contributed by atoms with E-state index in [4.69, 9.17) is 0 Å². The van der Waals surface area contributed by atoms with Crippen LogP contribution in [0.3, 0.4) is 0 Å². The van der Waals surface area contributed by atoms with Crippen molar-refractivity contribution < 1.29 is 0 Å². The fraction of sp³-hybridized carbons (Fsp3) is 0.800. The molecule has 12 heavy (non-hydrogen) atoms. The minimum atomic E-state index is 0.638. The van der Waals surface area contributed by atoms with Crippen LogP contribution in [-0.2, 0) is 0 Å². The van der Waals surface area contributed by atoms with Crippen molar-refractivity contribution in [3.05, 3.63) is 12.3 Å². The van der Waals surface area contributed by atoms with Crippen LogP contribution in [0.2, 0.25) is 0 Å². The Labute approximate surface area is 74.6 Å². The topological polar surface area (TPSA) is 15.3 Å². The number of nitrogens with one attached hydrogen (secondary N) is 1. The monoisotopic (exact) mass is 166 g/mol. The highest BCUT2D eigenvalue weighted by atomic mass is 15.3. The molecule has 2 rings (SSSR count). The summed E-state index contributed by atoms with van der Waals surface area (Å²) < 4.78 is 0. The van der Waals surface area contributed by atoms with Crippen LogP contribution in [0, 0.1) is 0 Å². The molecule has 68 valence electrons. The molecule has 2 aliphatic rings. The standard InChI is InChI=1S/C10H18N2/c1-2-4-8-12-9-5-6-10(12)11-7-3-1/h4,8,10-11H,1-3,5-7,9H2. The highest BCUT2D eigenvalue weighted by Crippen LogP contribution is 2.16. The smallest absolute Gasteiger partial charge is 0.0790 e. The van der Waals surface area contributed by atoms with Crippen molar-refractivity contribution in [2.24, 2.45) is 0 Å². The molecule has 1 saturated heterocycles. The fourth-order valence-electron chi connectivity index (χ4n) is 2.05. The maximum Gasteiger partial charge on any atom is 0.0790 e. The number of hydrogen-bond acceptors (Lipinski definition) is 2. The lowest BCUT2D eigenvalue weighted by atomic mass is 10.2. The van der Waals surface area contributed by atoms with Gasteiger partial charge in [-0.25, -0.2) is 0 Å². The summed E-state index contributed by atoms with van der Waals surface area (Å²) in [6.45, 7) is 2.44. The van der Waals surface area contributed by atoms with Gasteiger partial charge in [-0.15, -0.1) is 0 Å². The van der Waals surface area contributed by atoms with Gasteiger partial charge < -0.3 is 4.90 Å². The first-order valence-corrected chi connectivity index (χ1v) is 5.12. The zero-order chi connectivity index (χ0) is 8.23. The highest BCUT2D eigenvalue weighted by Gasteiger charge is 2.20. The van der Waals surface area contributed by atoms with Gasteiger partial charge in [0.05, 0.1) is 6.17 Å². The van der Waals surface area contributed by atoms with Crippen LogP contribution in [-0.4, -0.2) is 24.2 Å². The molecule has 1 unspecified atom stereocenters. The normalized spacial score (nSPS) is 30.7. The average molecular weight is 166 g/mol. The van der Waals surface area contributed by atoms with Crippen molar-refractivity contribution in [2.75, 3.05) is 13.1 Å². The van der Waals surface area contributed by atoms with Crippen LogP contribution in [0.4, 0.5) is 0 Å². The van der Waals surface area contributed by atoms with Gasteiger partial charge in [0.15, 0.2) is 0 Å². The van der Waals surface area contributed by atoms with E-state index in [1.54, 1.807) is 0 Å². The molecule has 2 heterocycles. The summed E-state index contributed by atoms with van der Waals surface area (Å²) >= 11 is 0. The fourth-order valence-corrected chi connectivity index (χ4v) is 2.05. The first kappa shape index (κ1) is 8.11. The first-order chi connectivity index (χ1) is 5.97. The van der Waals surface area contributed by atoms with Crippen molar-refractivity contribution >= 4 is 0 Å². The molecule has 0 radical (unpaired) electrons. The minimum Gasteiger partial charge on any atom is -0.362 e. The first-order valence-electron chi connectivity index (χ1n) is 5.12. The van der Waals surface area contributed by atoms with Crippen molar-refractivity contribution in [1.82, 2.24) is 10.2 Å². The van der Waals surface area contributed by atoms with Crippen molar-refractivity contribution in [1.29, 1.82) is 0 Å². The third kappa shape index (κ3) is 1.81. The van der Waals surface area contributed by atoms with Gasteiger partial charge in [0.1, 0.15) is 0 Å². The number of nitrogens with zero attached hydrogens (tertiary/aromatic N) is 1. The van der Waals surface area contributed by atoms with Crippen LogP contribution >= 0.6 is 0 Å². The Balaban J connectivity index is 1.97. The van der Waals surface area contributed by atoms with Crippen LogP contribution in [0.5, 0.6) is 0 Å². The third-order valence-electron chi connectivity index (χ3n) is 2.77. The second-order valence-corrected chi connectivity index (χ2v) is 3.73. The Bertz CT molecular complexity index is 165. The molecule has 0 aromatic heterocycles. The maximum atomic E-state index is 3.60. The summed E-state index contributed by atoms with van der Waals surface area (Å²) in [5.41, 5.74) is 0. The molecule has 0 bridgehead atoms. The Hall–Kier alpha value is -0.500. The molecule has 0 aliphatic carbocycles. The summed E-state index contributed by atoms with van der Waals surface area (Å²) in [5.74, 6) is 0. The molecule has 1 atom stereocenters. The second-order valence-electron chi connectivity index (χ2n) is 3.73. The lowest BCUT2D eigenvalue weighted by molar-refractivity contribution is 0.297. The van der Waals surface area contributed by atoms with Gasteiger partial charge in [0.2, 0.25) is 0 Å². The van der Waals surface area contributed by atoms with E-state index in [1.165, 1.54) is 45.2 Å². The van der Waals surface area contributed by atoms with Crippen molar-refractivity contribution in [2.45, 2.75) is 38.3 Å². The molecule has 1 N–H and O–H groups in total. The van der Waals surface area contributed by atoms with Crippen LogP contribution in [0.1, 0.15) is 32.1 Å². The molecule has 0 amide bonds. The Morgan fingerprint density at radius 1 is 1.25 bits per heavy atom. The lowest BCUT2D eigenvalue weighted by Gasteiger charge is -2.23. The molecule has 2 aliphatic heterocycles. The molecule has 2 nitrogen and oxygen atoms in total. The maximum absolute atomic E-state index is 3.60. The predicted octanol–water partition coefficient (Wildman–Crippen LogP) is 1.70. The van der Waals surface area contributed by atoms with E-state index >= 15 is 0 Å². The number of hydrogen-bond donors (Lipinski definition) is 1. The van der Waals surface area contributed by atoms with Gasteiger partial charge in [0, 0.05) is 6.54 Å².